The molecule has 0 atom stereocenters. The second kappa shape index (κ2) is 5.80. The van der Waals surface area contributed by atoms with Crippen molar-refractivity contribution in [2.45, 2.75) is 11.4 Å². The van der Waals surface area contributed by atoms with Gasteiger partial charge < -0.3 is 5.11 Å². The molecule has 0 bridgehead atoms. The van der Waals surface area contributed by atoms with Crippen molar-refractivity contribution in [1.29, 1.82) is 0 Å². The zero-order valence-corrected chi connectivity index (χ0v) is 12.4. The number of hydrogen-bond acceptors (Lipinski definition) is 5. The number of halogens is 1. The Labute approximate surface area is 125 Å². The van der Waals surface area contributed by atoms with E-state index in [1.807, 2.05) is 0 Å². The van der Waals surface area contributed by atoms with Gasteiger partial charge in [-0.05, 0) is 18.2 Å². The van der Waals surface area contributed by atoms with Crippen LogP contribution in [0.2, 0.25) is 5.02 Å². The number of H-pyrrole nitrogens is 1. The lowest BCUT2D eigenvalue weighted by Gasteiger charge is -2.16. The van der Waals surface area contributed by atoms with Gasteiger partial charge in [0.2, 0.25) is 10.0 Å². The van der Waals surface area contributed by atoms with Crippen LogP contribution in [0.4, 0.5) is 0 Å². The van der Waals surface area contributed by atoms with Crippen LogP contribution < -0.4 is 0 Å². The molecule has 0 fully saturated rings. The maximum Gasteiger partial charge on any atom is 0.337 e. The highest BCUT2D eigenvalue weighted by molar-refractivity contribution is 7.89. The Morgan fingerprint density at radius 2 is 2.19 bits per heavy atom. The Kier molecular flexibility index (Phi) is 4.26. The number of nitrogens with one attached hydrogen (secondary N) is 1. The summed E-state index contributed by atoms with van der Waals surface area (Å²) in [7, 11) is -2.51. The van der Waals surface area contributed by atoms with Gasteiger partial charge in [-0.15, -0.1) is 0 Å². The smallest absolute Gasteiger partial charge is 0.337 e. The minimum Gasteiger partial charge on any atom is -0.478 e. The number of carbonyl (C=O) groups is 1. The molecule has 0 aliphatic carbocycles. The van der Waals surface area contributed by atoms with Gasteiger partial charge in [0.25, 0.3) is 0 Å². The number of nitrogens with zero attached hydrogens (tertiary/aromatic N) is 3. The third-order valence-corrected chi connectivity index (χ3v) is 4.84. The molecule has 2 N–H and O–H groups in total. The predicted molar refractivity (Wildman–Crippen MR) is 73.4 cm³/mol. The van der Waals surface area contributed by atoms with E-state index in [-0.39, 0.29) is 22.0 Å². The summed E-state index contributed by atoms with van der Waals surface area (Å²) in [6, 6.07) is 3.51. The normalized spacial score (nSPS) is 11.8. The Balaban J connectivity index is 2.35. The molecule has 0 amide bonds. The van der Waals surface area contributed by atoms with Crippen LogP contribution in [0.3, 0.4) is 0 Å². The molecule has 21 heavy (non-hydrogen) atoms. The monoisotopic (exact) mass is 330 g/mol. The average molecular weight is 331 g/mol. The van der Waals surface area contributed by atoms with Gasteiger partial charge in [-0.1, -0.05) is 11.6 Å². The van der Waals surface area contributed by atoms with Crippen molar-refractivity contribution in [1.82, 2.24) is 19.5 Å². The van der Waals surface area contributed by atoms with Crippen molar-refractivity contribution in [3.63, 3.8) is 0 Å². The molecule has 0 aliphatic heterocycles. The first-order valence-corrected chi connectivity index (χ1v) is 7.47. The molecule has 0 unspecified atom stereocenters. The Hall–Kier alpha value is -1.97. The highest BCUT2D eigenvalue weighted by Gasteiger charge is 2.24. The number of sulfonamides is 1. The molecule has 0 radical (unpaired) electrons. The summed E-state index contributed by atoms with van der Waals surface area (Å²) >= 11 is 5.72. The lowest BCUT2D eigenvalue weighted by molar-refractivity contribution is 0.0697. The summed E-state index contributed by atoms with van der Waals surface area (Å²) in [6.07, 6.45) is 1.26. The standard InChI is InChI=1S/C11H11ClN4O4S/c1-16(5-10-13-6-14-15-10)21(19,20)7-2-3-9(12)8(4-7)11(17)18/h2-4,6H,5H2,1H3,(H,17,18)(H,13,14,15). The molecule has 112 valence electrons. The molecular weight excluding hydrogens is 320 g/mol. The molecule has 1 heterocycles. The van der Waals surface area contributed by atoms with Crippen LogP contribution in [0.15, 0.2) is 29.4 Å². The third kappa shape index (κ3) is 3.20. The number of rotatable bonds is 5. The second-order valence-electron chi connectivity index (χ2n) is 4.14. The fraction of sp³-hybridized carbons (Fsp3) is 0.182. The van der Waals surface area contributed by atoms with Gasteiger partial charge in [-0.2, -0.15) is 9.40 Å². The van der Waals surface area contributed by atoms with Gasteiger partial charge in [0, 0.05) is 7.05 Å². The molecule has 1 aromatic heterocycles. The molecule has 0 spiro atoms. The number of carboxylic acid groups (broad SMARTS) is 1. The lowest BCUT2D eigenvalue weighted by Crippen LogP contribution is -2.27. The average Bonchev–Trinajstić information content (AvgIpc) is 2.91. The first-order chi connectivity index (χ1) is 9.82. The van der Waals surface area contributed by atoms with Crippen molar-refractivity contribution in [3.05, 3.63) is 40.9 Å². The third-order valence-electron chi connectivity index (χ3n) is 2.71. The van der Waals surface area contributed by atoms with Gasteiger partial charge in [0.15, 0.2) is 0 Å². The second-order valence-corrected chi connectivity index (χ2v) is 6.59. The minimum atomic E-state index is -3.86. The quantitative estimate of drug-likeness (QED) is 0.844. The van der Waals surface area contributed by atoms with E-state index >= 15 is 0 Å². The molecule has 0 aliphatic rings. The van der Waals surface area contributed by atoms with E-state index in [0.29, 0.717) is 5.82 Å². The molecule has 8 nitrogen and oxygen atoms in total. The predicted octanol–water partition coefficient (Wildman–Crippen LogP) is 0.977. The summed E-state index contributed by atoms with van der Waals surface area (Å²) in [5.74, 6) is -0.927. The Morgan fingerprint density at radius 1 is 1.48 bits per heavy atom. The summed E-state index contributed by atoms with van der Waals surface area (Å²) in [6.45, 7) is -0.0205. The molecule has 2 aromatic rings. The molecule has 2 rings (SSSR count). The van der Waals surface area contributed by atoms with E-state index in [0.717, 1.165) is 10.4 Å². The maximum absolute atomic E-state index is 12.4. The van der Waals surface area contributed by atoms with Gasteiger partial charge in [-0.25, -0.2) is 18.2 Å². The highest BCUT2D eigenvalue weighted by atomic mass is 35.5. The van der Waals surface area contributed by atoms with E-state index in [1.165, 1.54) is 25.5 Å². The Morgan fingerprint density at radius 3 is 2.76 bits per heavy atom. The fourth-order valence-electron chi connectivity index (χ4n) is 1.61. The lowest BCUT2D eigenvalue weighted by atomic mass is 10.2. The van der Waals surface area contributed by atoms with Crippen LogP contribution in [0.5, 0.6) is 0 Å². The van der Waals surface area contributed by atoms with Gasteiger partial charge in [0.1, 0.15) is 12.2 Å². The van der Waals surface area contributed by atoms with Crippen LogP contribution in [0, 0.1) is 0 Å². The van der Waals surface area contributed by atoms with Crippen molar-refractivity contribution in [2.24, 2.45) is 0 Å². The molecule has 0 saturated heterocycles. The van der Waals surface area contributed by atoms with E-state index in [1.54, 1.807) is 0 Å². The van der Waals surface area contributed by atoms with E-state index in [4.69, 9.17) is 16.7 Å². The van der Waals surface area contributed by atoms with Crippen molar-refractivity contribution >= 4 is 27.6 Å². The zero-order chi connectivity index (χ0) is 15.6. The number of aromatic nitrogens is 3. The number of carboxylic acids is 1. The summed E-state index contributed by atoms with van der Waals surface area (Å²) in [5.41, 5.74) is -0.272. The number of aromatic carboxylic acids is 1. The van der Waals surface area contributed by atoms with Gasteiger partial charge >= 0.3 is 5.97 Å². The van der Waals surface area contributed by atoms with Crippen LogP contribution >= 0.6 is 11.6 Å². The number of benzene rings is 1. The first-order valence-electron chi connectivity index (χ1n) is 5.66. The molecule has 0 saturated carbocycles. The van der Waals surface area contributed by atoms with Crippen molar-refractivity contribution < 1.29 is 18.3 Å². The molecule has 1 aromatic carbocycles. The summed E-state index contributed by atoms with van der Waals surface area (Å²) < 4.78 is 25.8. The summed E-state index contributed by atoms with van der Waals surface area (Å²) in [4.78, 5) is 14.7. The number of hydrogen-bond donors (Lipinski definition) is 2. The van der Waals surface area contributed by atoms with Crippen LogP contribution in [-0.4, -0.2) is 46.0 Å². The SMILES string of the molecule is CN(Cc1ncn[nH]1)S(=O)(=O)c1ccc(Cl)c(C(=O)O)c1. The van der Waals surface area contributed by atoms with E-state index < -0.39 is 16.0 Å². The van der Waals surface area contributed by atoms with Crippen molar-refractivity contribution in [3.8, 4) is 0 Å². The van der Waals surface area contributed by atoms with Crippen LogP contribution in [-0.2, 0) is 16.6 Å². The van der Waals surface area contributed by atoms with Gasteiger partial charge in [0.05, 0.1) is 22.0 Å². The molecule has 10 heteroatoms. The molecular formula is C11H11ClN4O4S. The first kappa shape index (κ1) is 15.4. The van der Waals surface area contributed by atoms with Gasteiger partial charge in [-0.3, -0.25) is 5.10 Å². The minimum absolute atomic E-state index is 0.0205. The highest BCUT2D eigenvalue weighted by Crippen LogP contribution is 2.23. The topological polar surface area (TPSA) is 116 Å². The fourth-order valence-corrected chi connectivity index (χ4v) is 2.97. The van der Waals surface area contributed by atoms with Crippen LogP contribution in [0.25, 0.3) is 0 Å². The number of aromatic amines is 1. The Bertz CT molecular complexity index is 761. The largest absolute Gasteiger partial charge is 0.478 e. The summed E-state index contributed by atoms with van der Waals surface area (Å²) in [5, 5.41) is 15.1. The van der Waals surface area contributed by atoms with E-state index in [9.17, 15) is 13.2 Å². The van der Waals surface area contributed by atoms with Crippen molar-refractivity contribution in [2.75, 3.05) is 7.05 Å². The zero-order valence-electron chi connectivity index (χ0n) is 10.8. The van der Waals surface area contributed by atoms with E-state index in [2.05, 4.69) is 15.2 Å². The van der Waals surface area contributed by atoms with Crippen LogP contribution in [0.1, 0.15) is 16.2 Å². The maximum atomic E-state index is 12.4.